The van der Waals surface area contributed by atoms with Crippen molar-refractivity contribution in [3.63, 3.8) is 0 Å². The summed E-state index contributed by atoms with van der Waals surface area (Å²) in [5, 5.41) is 10.6. The molecule has 0 aromatic carbocycles. The molecule has 0 aromatic heterocycles. The van der Waals surface area contributed by atoms with Crippen molar-refractivity contribution in [3.8, 4) is 0 Å². The molecule has 1 unspecified atom stereocenters. The molecule has 1 fully saturated rings. The summed E-state index contributed by atoms with van der Waals surface area (Å²) in [6, 6.07) is -0.631. The quantitative estimate of drug-likeness (QED) is 0.780. The fourth-order valence-corrected chi connectivity index (χ4v) is 1.67. The minimum absolute atomic E-state index is 0.321. The molecule has 19 heavy (non-hydrogen) atoms. The number of aliphatic carboxylic acids is 1. The number of carboxylic acid groups (broad SMARTS) is 1. The van der Waals surface area contributed by atoms with Crippen LogP contribution in [0.5, 0.6) is 0 Å². The van der Waals surface area contributed by atoms with Crippen LogP contribution >= 0.6 is 0 Å². The molecule has 2 N–H and O–H groups in total. The zero-order valence-corrected chi connectivity index (χ0v) is 12.0. The van der Waals surface area contributed by atoms with Crippen molar-refractivity contribution in [2.75, 3.05) is 26.2 Å². The van der Waals surface area contributed by atoms with Crippen molar-refractivity contribution in [2.45, 2.75) is 39.3 Å². The average Bonchev–Trinajstić information content (AvgIpc) is 2.27. The average molecular weight is 273 g/mol. The Morgan fingerprint density at radius 2 is 1.74 bits per heavy atom. The van der Waals surface area contributed by atoms with E-state index in [9.17, 15) is 9.59 Å². The Morgan fingerprint density at radius 1 is 1.21 bits per heavy atom. The van der Waals surface area contributed by atoms with Crippen LogP contribution in [0, 0.1) is 0 Å². The van der Waals surface area contributed by atoms with Gasteiger partial charge in [0.15, 0.2) is 0 Å². The Hall–Kier alpha value is -1.34. The van der Waals surface area contributed by atoms with Gasteiger partial charge in [-0.1, -0.05) is 0 Å². The molecular weight excluding hydrogens is 250 g/mol. The molecular formula is C12H23N3O4. The molecule has 7 nitrogen and oxygen atoms in total. The van der Waals surface area contributed by atoms with Gasteiger partial charge >= 0.3 is 12.1 Å². The largest absolute Gasteiger partial charge is 0.480 e. The van der Waals surface area contributed by atoms with Crippen LogP contribution in [0.15, 0.2) is 0 Å². The van der Waals surface area contributed by atoms with E-state index < -0.39 is 17.6 Å². The van der Waals surface area contributed by atoms with Crippen molar-refractivity contribution >= 4 is 12.1 Å². The third kappa shape index (κ3) is 5.44. The molecule has 1 atom stereocenters. The van der Waals surface area contributed by atoms with E-state index in [-0.39, 0.29) is 6.09 Å². The van der Waals surface area contributed by atoms with Crippen LogP contribution in [0.4, 0.5) is 4.79 Å². The number of nitrogens with one attached hydrogen (secondary N) is 1. The van der Waals surface area contributed by atoms with Crippen LogP contribution in [0.25, 0.3) is 0 Å². The lowest BCUT2D eigenvalue weighted by Gasteiger charge is -2.36. The van der Waals surface area contributed by atoms with E-state index in [2.05, 4.69) is 5.43 Å². The molecule has 7 heteroatoms. The lowest BCUT2D eigenvalue weighted by atomic mass is 10.2. The number of amides is 1. The number of hydrogen-bond donors (Lipinski definition) is 2. The summed E-state index contributed by atoms with van der Waals surface area (Å²) in [4.78, 5) is 24.2. The standard InChI is InChI=1S/C12H23N3O4/c1-9(10(16)17)13-15-7-5-14(6-8-15)11(18)19-12(2,3)4/h9,13H,5-8H2,1-4H3,(H,16,17). The molecule has 1 rings (SSSR count). The van der Waals surface area contributed by atoms with Crippen LogP contribution in [0.1, 0.15) is 27.7 Å². The zero-order valence-electron chi connectivity index (χ0n) is 12.0. The van der Waals surface area contributed by atoms with Crippen molar-refractivity contribution < 1.29 is 19.4 Å². The molecule has 0 bridgehead atoms. The number of rotatable bonds is 3. The highest BCUT2D eigenvalue weighted by atomic mass is 16.6. The summed E-state index contributed by atoms with van der Waals surface area (Å²) in [5.74, 6) is -0.894. The van der Waals surface area contributed by atoms with Crippen LogP contribution in [-0.2, 0) is 9.53 Å². The molecule has 0 saturated carbocycles. The second kappa shape index (κ2) is 6.21. The van der Waals surface area contributed by atoms with Crippen LogP contribution in [-0.4, -0.2) is 64.9 Å². The third-order valence-electron chi connectivity index (χ3n) is 2.68. The van der Waals surface area contributed by atoms with Gasteiger partial charge in [-0.15, -0.1) is 0 Å². The maximum Gasteiger partial charge on any atom is 0.410 e. The Morgan fingerprint density at radius 3 is 2.16 bits per heavy atom. The molecule has 1 amide bonds. The van der Waals surface area contributed by atoms with Crippen molar-refractivity contribution in [1.29, 1.82) is 0 Å². The van der Waals surface area contributed by atoms with Crippen molar-refractivity contribution in [3.05, 3.63) is 0 Å². The van der Waals surface area contributed by atoms with Gasteiger partial charge in [0.1, 0.15) is 11.6 Å². The summed E-state index contributed by atoms with van der Waals surface area (Å²) >= 11 is 0. The second-order valence-corrected chi connectivity index (χ2v) is 5.64. The fraction of sp³-hybridized carbons (Fsp3) is 0.833. The van der Waals surface area contributed by atoms with Gasteiger partial charge in [-0.05, 0) is 27.7 Å². The number of piperazine rings is 1. The lowest BCUT2D eigenvalue weighted by Crippen LogP contribution is -2.57. The number of hydrazine groups is 1. The van der Waals surface area contributed by atoms with E-state index >= 15 is 0 Å². The molecule has 1 heterocycles. The Kier molecular flexibility index (Phi) is 5.13. The SMILES string of the molecule is CC(NN1CCN(C(=O)OC(C)(C)C)CC1)C(=O)O. The Labute approximate surface area is 113 Å². The first kappa shape index (κ1) is 15.7. The molecule has 110 valence electrons. The Bertz CT molecular complexity index is 332. The van der Waals surface area contributed by atoms with E-state index in [1.165, 1.54) is 0 Å². The number of ether oxygens (including phenoxy) is 1. The van der Waals surface area contributed by atoms with Gasteiger partial charge in [0.2, 0.25) is 0 Å². The highest BCUT2D eigenvalue weighted by Crippen LogP contribution is 2.11. The van der Waals surface area contributed by atoms with Gasteiger partial charge in [-0.25, -0.2) is 15.2 Å². The van der Waals surface area contributed by atoms with Gasteiger partial charge in [0, 0.05) is 26.2 Å². The van der Waals surface area contributed by atoms with Crippen molar-refractivity contribution in [2.24, 2.45) is 0 Å². The highest BCUT2D eigenvalue weighted by molar-refractivity contribution is 5.72. The van der Waals surface area contributed by atoms with Gasteiger partial charge in [0.05, 0.1) is 0 Å². The first-order chi connectivity index (χ1) is 8.69. The number of carboxylic acids is 1. The molecule has 0 radical (unpaired) electrons. The molecule has 0 aromatic rings. The van der Waals surface area contributed by atoms with Gasteiger partial charge < -0.3 is 14.7 Å². The summed E-state index contributed by atoms with van der Waals surface area (Å²) in [5.41, 5.74) is 2.39. The topological polar surface area (TPSA) is 82.1 Å². The van der Waals surface area contributed by atoms with Crippen molar-refractivity contribution in [1.82, 2.24) is 15.3 Å². The number of carbonyl (C=O) groups is 2. The van der Waals surface area contributed by atoms with E-state index in [0.29, 0.717) is 26.2 Å². The molecule has 1 saturated heterocycles. The lowest BCUT2D eigenvalue weighted by molar-refractivity contribution is -0.140. The monoisotopic (exact) mass is 273 g/mol. The van der Waals surface area contributed by atoms with Gasteiger partial charge in [-0.3, -0.25) is 4.79 Å². The third-order valence-corrected chi connectivity index (χ3v) is 2.68. The summed E-state index contributed by atoms with van der Waals surface area (Å²) < 4.78 is 5.29. The van der Waals surface area contributed by atoms with Gasteiger partial charge in [-0.2, -0.15) is 0 Å². The minimum atomic E-state index is -0.894. The summed E-state index contributed by atoms with van der Waals surface area (Å²) in [6.45, 7) is 9.28. The maximum absolute atomic E-state index is 11.8. The predicted molar refractivity (Wildman–Crippen MR) is 69.6 cm³/mol. The normalized spacial score (nSPS) is 19.1. The van der Waals surface area contributed by atoms with E-state index in [1.54, 1.807) is 11.8 Å². The second-order valence-electron chi connectivity index (χ2n) is 5.64. The number of hydrogen-bond acceptors (Lipinski definition) is 5. The van der Waals surface area contributed by atoms with Crippen LogP contribution in [0.3, 0.4) is 0 Å². The highest BCUT2D eigenvalue weighted by Gasteiger charge is 2.26. The van der Waals surface area contributed by atoms with E-state index in [4.69, 9.17) is 9.84 Å². The smallest absolute Gasteiger partial charge is 0.410 e. The molecule has 1 aliphatic heterocycles. The fourth-order valence-electron chi connectivity index (χ4n) is 1.67. The van der Waals surface area contributed by atoms with Crippen LogP contribution in [0.2, 0.25) is 0 Å². The first-order valence-corrected chi connectivity index (χ1v) is 6.41. The van der Waals surface area contributed by atoms with Crippen LogP contribution < -0.4 is 5.43 Å². The predicted octanol–water partition coefficient (Wildman–Crippen LogP) is 0.517. The minimum Gasteiger partial charge on any atom is -0.480 e. The summed E-state index contributed by atoms with van der Waals surface area (Å²) in [7, 11) is 0. The Balaban J connectivity index is 2.36. The molecule has 0 spiro atoms. The van der Waals surface area contributed by atoms with E-state index in [1.807, 2.05) is 25.8 Å². The number of carbonyl (C=O) groups excluding carboxylic acids is 1. The zero-order chi connectivity index (χ0) is 14.6. The first-order valence-electron chi connectivity index (χ1n) is 6.41. The number of nitrogens with zero attached hydrogens (tertiary/aromatic N) is 2. The van der Waals surface area contributed by atoms with E-state index in [0.717, 1.165) is 0 Å². The maximum atomic E-state index is 11.8. The molecule has 0 aliphatic carbocycles. The van der Waals surface area contributed by atoms with Gasteiger partial charge in [0.25, 0.3) is 0 Å². The molecule has 1 aliphatic rings. The summed E-state index contributed by atoms with van der Waals surface area (Å²) in [6.07, 6.45) is -0.321.